The predicted molar refractivity (Wildman–Crippen MR) is 133 cm³/mol. The average molecular weight is 491 g/mol. The Morgan fingerprint density at radius 1 is 0.794 bits per heavy atom. The summed E-state index contributed by atoms with van der Waals surface area (Å²) in [6.45, 7) is 6.96. The molecular weight excluding hydrogens is 440 g/mol. The molecule has 0 saturated carbocycles. The van der Waals surface area contributed by atoms with Crippen molar-refractivity contribution in [3.8, 4) is 0 Å². The van der Waals surface area contributed by atoms with Gasteiger partial charge in [-0.15, -0.1) is 0 Å². The standard InChI is InChI=1S/C25H50N2O7/c1-21(2)13-10-8-6-4-5-7-9-11-15-27(25(32)34-20-23(30)18-29)16-12-14-26-24(31)33-19-22(3)17-28/h21-23,28-30H,4-20H2,1-3H3,(H,26,31). The van der Waals surface area contributed by atoms with Crippen LogP contribution in [0.25, 0.3) is 0 Å². The first-order valence-corrected chi connectivity index (χ1v) is 13.0. The van der Waals surface area contributed by atoms with Crippen LogP contribution in [0.3, 0.4) is 0 Å². The number of alkyl carbamates (subject to hydrolysis) is 1. The third-order valence-corrected chi connectivity index (χ3v) is 5.51. The number of amides is 2. The van der Waals surface area contributed by atoms with Gasteiger partial charge in [0.1, 0.15) is 12.7 Å². The lowest BCUT2D eigenvalue weighted by atomic mass is 10.0. The third-order valence-electron chi connectivity index (χ3n) is 5.51. The maximum atomic E-state index is 12.4. The van der Waals surface area contributed by atoms with E-state index in [9.17, 15) is 14.7 Å². The lowest BCUT2D eigenvalue weighted by molar-refractivity contribution is 0.0197. The number of carbonyl (C=O) groups is 2. The first kappa shape index (κ1) is 32.4. The molecule has 202 valence electrons. The number of carbonyl (C=O) groups excluding carboxylic acids is 2. The monoisotopic (exact) mass is 490 g/mol. The third kappa shape index (κ3) is 19.9. The van der Waals surface area contributed by atoms with Crippen LogP contribution in [0, 0.1) is 11.8 Å². The van der Waals surface area contributed by atoms with Crippen molar-refractivity contribution in [2.75, 3.05) is 46.1 Å². The van der Waals surface area contributed by atoms with Crippen molar-refractivity contribution >= 4 is 12.2 Å². The number of aliphatic hydroxyl groups excluding tert-OH is 3. The molecular formula is C25H50N2O7. The molecule has 0 fully saturated rings. The minimum absolute atomic E-state index is 0.0480. The summed E-state index contributed by atoms with van der Waals surface area (Å²) in [6.07, 6.45) is 9.04. The zero-order valence-corrected chi connectivity index (χ0v) is 21.7. The van der Waals surface area contributed by atoms with Crippen LogP contribution in [0.15, 0.2) is 0 Å². The summed E-state index contributed by atoms with van der Waals surface area (Å²) in [5, 5.41) is 29.9. The molecule has 0 aromatic rings. The van der Waals surface area contributed by atoms with Gasteiger partial charge in [-0.2, -0.15) is 0 Å². The Kier molecular flexibility index (Phi) is 20.9. The maximum Gasteiger partial charge on any atom is 0.409 e. The fraction of sp³-hybridized carbons (Fsp3) is 0.920. The maximum absolute atomic E-state index is 12.4. The number of ether oxygens (including phenoxy) is 2. The van der Waals surface area contributed by atoms with Crippen LogP contribution in [0.1, 0.15) is 85.0 Å². The first-order valence-electron chi connectivity index (χ1n) is 13.0. The van der Waals surface area contributed by atoms with Gasteiger partial charge in [0.25, 0.3) is 0 Å². The van der Waals surface area contributed by atoms with Gasteiger partial charge >= 0.3 is 12.2 Å². The summed E-state index contributed by atoms with van der Waals surface area (Å²) in [5.74, 6) is 0.669. The van der Waals surface area contributed by atoms with E-state index in [2.05, 4.69) is 19.2 Å². The van der Waals surface area contributed by atoms with Crippen molar-refractivity contribution in [3.05, 3.63) is 0 Å². The Morgan fingerprint density at radius 3 is 1.97 bits per heavy atom. The largest absolute Gasteiger partial charge is 0.449 e. The van der Waals surface area contributed by atoms with Gasteiger partial charge in [0, 0.05) is 32.2 Å². The van der Waals surface area contributed by atoms with E-state index >= 15 is 0 Å². The number of hydrogen-bond donors (Lipinski definition) is 4. The molecule has 0 radical (unpaired) electrons. The smallest absolute Gasteiger partial charge is 0.409 e. The highest BCUT2D eigenvalue weighted by atomic mass is 16.6. The number of nitrogens with zero attached hydrogens (tertiary/aromatic N) is 1. The van der Waals surface area contributed by atoms with E-state index in [-0.39, 0.29) is 25.7 Å². The Labute approximate surface area is 206 Å². The zero-order valence-electron chi connectivity index (χ0n) is 21.7. The van der Waals surface area contributed by atoms with E-state index in [1.54, 1.807) is 11.8 Å². The molecule has 2 unspecified atom stereocenters. The zero-order chi connectivity index (χ0) is 25.6. The molecule has 0 saturated heterocycles. The molecule has 0 aromatic carbocycles. The molecule has 0 aliphatic heterocycles. The van der Waals surface area contributed by atoms with E-state index in [0.717, 1.165) is 25.2 Å². The summed E-state index contributed by atoms with van der Waals surface area (Å²) in [6, 6.07) is 0. The van der Waals surface area contributed by atoms with Gasteiger partial charge in [-0.05, 0) is 18.8 Å². The van der Waals surface area contributed by atoms with Crippen molar-refractivity contribution < 1.29 is 34.4 Å². The van der Waals surface area contributed by atoms with E-state index < -0.39 is 24.9 Å². The van der Waals surface area contributed by atoms with Crippen LogP contribution < -0.4 is 5.32 Å². The van der Waals surface area contributed by atoms with Crippen LogP contribution in [-0.4, -0.2) is 84.6 Å². The Balaban J connectivity index is 4.17. The van der Waals surface area contributed by atoms with Crippen LogP contribution >= 0.6 is 0 Å². The van der Waals surface area contributed by atoms with E-state index in [1.165, 1.54) is 38.5 Å². The summed E-state index contributed by atoms with van der Waals surface area (Å²) < 4.78 is 10.1. The number of nitrogens with one attached hydrogen (secondary N) is 1. The number of aliphatic hydroxyl groups is 3. The van der Waals surface area contributed by atoms with Crippen LogP contribution in [0.5, 0.6) is 0 Å². The van der Waals surface area contributed by atoms with Crippen molar-refractivity contribution in [2.24, 2.45) is 11.8 Å². The van der Waals surface area contributed by atoms with Crippen LogP contribution in [0.2, 0.25) is 0 Å². The van der Waals surface area contributed by atoms with Crippen molar-refractivity contribution in [1.29, 1.82) is 0 Å². The Bertz CT molecular complexity index is 506. The van der Waals surface area contributed by atoms with Gasteiger partial charge in [-0.3, -0.25) is 0 Å². The molecule has 0 aliphatic rings. The molecule has 2 amide bonds. The van der Waals surface area contributed by atoms with Gasteiger partial charge in [-0.25, -0.2) is 9.59 Å². The highest BCUT2D eigenvalue weighted by molar-refractivity contribution is 5.68. The van der Waals surface area contributed by atoms with Gasteiger partial charge in [-0.1, -0.05) is 72.1 Å². The number of rotatable bonds is 21. The first-order chi connectivity index (χ1) is 16.3. The summed E-state index contributed by atoms with van der Waals surface area (Å²) in [7, 11) is 0. The molecule has 2 atom stereocenters. The fourth-order valence-electron chi connectivity index (χ4n) is 3.30. The molecule has 0 aromatic heterocycles. The van der Waals surface area contributed by atoms with Gasteiger partial charge in [0.05, 0.1) is 13.2 Å². The summed E-state index contributed by atoms with van der Waals surface area (Å²) in [5.41, 5.74) is 0. The number of unbranched alkanes of at least 4 members (excludes halogenated alkanes) is 7. The molecule has 0 spiro atoms. The normalized spacial score (nSPS) is 12.9. The fourth-order valence-corrected chi connectivity index (χ4v) is 3.30. The molecule has 9 heteroatoms. The molecule has 0 rings (SSSR count). The number of hydrogen-bond acceptors (Lipinski definition) is 7. The van der Waals surface area contributed by atoms with Gasteiger partial charge < -0.3 is 35.0 Å². The Hall–Kier alpha value is -1.58. The van der Waals surface area contributed by atoms with Crippen LogP contribution in [0.4, 0.5) is 9.59 Å². The lowest BCUT2D eigenvalue weighted by Gasteiger charge is -2.23. The second-order valence-corrected chi connectivity index (χ2v) is 9.58. The summed E-state index contributed by atoms with van der Waals surface area (Å²) in [4.78, 5) is 25.6. The van der Waals surface area contributed by atoms with Gasteiger partial charge in [0.2, 0.25) is 0 Å². The quantitative estimate of drug-likeness (QED) is 0.181. The second kappa shape index (κ2) is 21.9. The average Bonchev–Trinajstić information content (AvgIpc) is 2.82. The molecule has 34 heavy (non-hydrogen) atoms. The van der Waals surface area contributed by atoms with Gasteiger partial charge in [0.15, 0.2) is 0 Å². The topological polar surface area (TPSA) is 129 Å². The Morgan fingerprint density at radius 2 is 1.38 bits per heavy atom. The second-order valence-electron chi connectivity index (χ2n) is 9.58. The van der Waals surface area contributed by atoms with Crippen molar-refractivity contribution in [1.82, 2.24) is 10.2 Å². The SMILES string of the molecule is CC(C)CCCCCCCCCCN(CCCNC(=O)OCC(C)CO)C(=O)OCC(O)CO. The van der Waals surface area contributed by atoms with E-state index in [4.69, 9.17) is 19.7 Å². The molecule has 0 aliphatic carbocycles. The van der Waals surface area contributed by atoms with Crippen molar-refractivity contribution in [2.45, 2.75) is 91.1 Å². The van der Waals surface area contributed by atoms with E-state index in [1.807, 2.05) is 0 Å². The van der Waals surface area contributed by atoms with E-state index in [0.29, 0.717) is 26.1 Å². The summed E-state index contributed by atoms with van der Waals surface area (Å²) >= 11 is 0. The predicted octanol–water partition coefficient (Wildman–Crippen LogP) is 3.69. The highest BCUT2D eigenvalue weighted by Crippen LogP contribution is 2.13. The molecule has 0 bridgehead atoms. The minimum Gasteiger partial charge on any atom is -0.449 e. The van der Waals surface area contributed by atoms with Crippen molar-refractivity contribution in [3.63, 3.8) is 0 Å². The minimum atomic E-state index is -1.09. The molecule has 0 heterocycles. The lowest BCUT2D eigenvalue weighted by Crippen LogP contribution is -2.37. The van der Waals surface area contributed by atoms with Crippen LogP contribution in [-0.2, 0) is 9.47 Å². The molecule has 4 N–H and O–H groups in total. The highest BCUT2D eigenvalue weighted by Gasteiger charge is 2.16. The molecule has 9 nitrogen and oxygen atoms in total.